The summed E-state index contributed by atoms with van der Waals surface area (Å²) in [5.74, 6) is 0.910. The summed E-state index contributed by atoms with van der Waals surface area (Å²) in [5.41, 5.74) is 2.60. The highest BCUT2D eigenvalue weighted by atomic mass is 16.5. The van der Waals surface area contributed by atoms with Crippen LogP contribution in [0.15, 0.2) is 29.3 Å². The Morgan fingerprint density at radius 2 is 2.13 bits per heavy atom. The molecule has 1 atom stereocenters. The van der Waals surface area contributed by atoms with Crippen LogP contribution in [0, 0.1) is 0 Å². The summed E-state index contributed by atoms with van der Waals surface area (Å²) in [5, 5.41) is 0. The average Bonchev–Trinajstić information content (AvgIpc) is 2.23. The summed E-state index contributed by atoms with van der Waals surface area (Å²) < 4.78 is 5.20. The molecular formula is C13H17NO. The summed E-state index contributed by atoms with van der Waals surface area (Å²) in [4.78, 5) is 4.69. The summed E-state index contributed by atoms with van der Waals surface area (Å²) in [6, 6.07) is 8.41. The minimum absolute atomic E-state index is 0.260. The summed E-state index contributed by atoms with van der Waals surface area (Å²) >= 11 is 0. The van der Waals surface area contributed by atoms with Crippen LogP contribution in [0.5, 0.6) is 5.75 Å². The van der Waals surface area contributed by atoms with Gasteiger partial charge in [-0.15, -0.1) is 0 Å². The van der Waals surface area contributed by atoms with Crippen molar-refractivity contribution in [3.63, 3.8) is 0 Å². The van der Waals surface area contributed by atoms with Gasteiger partial charge >= 0.3 is 0 Å². The molecule has 80 valence electrons. The van der Waals surface area contributed by atoms with E-state index in [0.29, 0.717) is 0 Å². The number of ether oxygens (including phenoxy) is 1. The Morgan fingerprint density at radius 3 is 2.73 bits per heavy atom. The normalized spacial score (nSPS) is 16.8. The van der Waals surface area contributed by atoms with Gasteiger partial charge < -0.3 is 4.74 Å². The SMILES string of the molecule is COc1cccc([C@@H](C)N=C2CCC2)c1. The van der Waals surface area contributed by atoms with Crippen molar-refractivity contribution in [2.75, 3.05) is 7.11 Å². The predicted octanol–water partition coefficient (Wildman–Crippen LogP) is 3.38. The van der Waals surface area contributed by atoms with E-state index in [1.165, 1.54) is 30.5 Å². The van der Waals surface area contributed by atoms with Crippen LogP contribution in [0.4, 0.5) is 0 Å². The molecule has 0 aromatic heterocycles. The van der Waals surface area contributed by atoms with Gasteiger partial charge in [0.2, 0.25) is 0 Å². The van der Waals surface area contributed by atoms with Crippen molar-refractivity contribution in [2.24, 2.45) is 4.99 Å². The lowest BCUT2D eigenvalue weighted by Crippen LogP contribution is -2.11. The molecule has 1 aromatic carbocycles. The van der Waals surface area contributed by atoms with Gasteiger partial charge in [-0.3, -0.25) is 4.99 Å². The summed E-state index contributed by atoms with van der Waals surface area (Å²) in [6.45, 7) is 2.14. The number of aliphatic imine (C=N–C) groups is 1. The lowest BCUT2D eigenvalue weighted by atomic mass is 9.96. The van der Waals surface area contributed by atoms with Crippen molar-refractivity contribution in [2.45, 2.75) is 32.2 Å². The van der Waals surface area contributed by atoms with Crippen LogP contribution in [0.3, 0.4) is 0 Å². The standard InChI is InChI=1S/C13H17NO/c1-10(14-12-6-4-7-12)11-5-3-8-13(9-11)15-2/h3,5,8-10H,4,6-7H2,1-2H3/t10-/m1/s1. The predicted molar refractivity (Wildman–Crippen MR) is 62.7 cm³/mol. The fourth-order valence-corrected chi connectivity index (χ4v) is 1.71. The van der Waals surface area contributed by atoms with Crippen molar-refractivity contribution < 1.29 is 4.74 Å². The Bertz CT molecular complexity index is 365. The van der Waals surface area contributed by atoms with Crippen LogP contribution in [0.1, 0.15) is 37.8 Å². The van der Waals surface area contributed by atoms with Crippen molar-refractivity contribution in [3.05, 3.63) is 29.8 Å². The largest absolute Gasteiger partial charge is 0.497 e. The Labute approximate surface area is 91.0 Å². The van der Waals surface area contributed by atoms with Gasteiger partial charge in [-0.05, 0) is 43.9 Å². The fourth-order valence-electron chi connectivity index (χ4n) is 1.71. The maximum Gasteiger partial charge on any atom is 0.119 e. The third kappa shape index (κ3) is 2.38. The molecular weight excluding hydrogens is 186 g/mol. The van der Waals surface area contributed by atoms with Gasteiger partial charge in [0, 0.05) is 5.71 Å². The Balaban J connectivity index is 2.13. The second-order valence-corrected chi connectivity index (χ2v) is 4.00. The lowest BCUT2D eigenvalue weighted by Gasteiger charge is -2.18. The molecule has 0 aliphatic heterocycles. The number of methoxy groups -OCH3 is 1. The van der Waals surface area contributed by atoms with Gasteiger partial charge in [-0.25, -0.2) is 0 Å². The molecule has 0 spiro atoms. The van der Waals surface area contributed by atoms with Gasteiger partial charge in [-0.2, -0.15) is 0 Å². The maximum atomic E-state index is 5.20. The van der Waals surface area contributed by atoms with Crippen molar-refractivity contribution in [3.8, 4) is 5.75 Å². The third-order valence-electron chi connectivity index (χ3n) is 2.88. The quantitative estimate of drug-likeness (QED) is 0.738. The zero-order chi connectivity index (χ0) is 10.7. The van der Waals surface area contributed by atoms with Crippen molar-refractivity contribution in [1.82, 2.24) is 0 Å². The highest BCUT2D eigenvalue weighted by molar-refractivity contribution is 5.89. The van der Waals surface area contributed by atoms with E-state index in [1.807, 2.05) is 12.1 Å². The molecule has 0 amide bonds. The van der Waals surface area contributed by atoms with Crippen LogP contribution in [0.25, 0.3) is 0 Å². The molecule has 2 nitrogen and oxygen atoms in total. The lowest BCUT2D eigenvalue weighted by molar-refractivity contribution is 0.414. The van der Waals surface area contributed by atoms with Gasteiger partial charge in [0.1, 0.15) is 5.75 Å². The first-order valence-electron chi connectivity index (χ1n) is 5.49. The summed E-state index contributed by atoms with van der Waals surface area (Å²) in [7, 11) is 1.70. The van der Waals surface area contributed by atoms with Gasteiger partial charge in [-0.1, -0.05) is 12.1 Å². The summed E-state index contributed by atoms with van der Waals surface area (Å²) in [6.07, 6.45) is 3.69. The number of hydrogen-bond donors (Lipinski definition) is 0. The molecule has 2 heteroatoms. The Hall–Kier alpha value is -1.31. The van der Waals surface area contributed by atoms with E-state index >= 15 is 0 Å². The molecule has 0 unspecified atom stereocenters. The number of hydrogen-bond acceptors (Lipinski definition) is 2. The highest BCUT2D eigenvalue weighted by Crippen LogP contribution is 2.24. The Morgan fingerprint density at radius 1 is 1.33 bits per heavy atom. The number of benzene rings is 1. The average molecular weight is 203 g/mol. The third-order valence-corrected chi connectivity index (χ3v) is 2.88. The van der Waals surface area contributed by atoms with Crippen LogP contribution in [0.2, 0.25) is 0 Å². The van der Waals surface area contributed by atoms with E-state index in [-0.39, 0.29) is 6.04 Å². The van der Waals surface area contributed by atoms with E-state index in [1.54, 1.807) is 7.11 Å². The monoisotopic (exact) mass is 203 g/mol. The van der Waals surface area contributed by atoms with Crippen LogP contribution >= 0.6 is 0 Å². The molecule has 1 aliphatic rings. The first kappa shape index (κ1) is 10.2. The van der Waals surface area contributed by atoms with Gasteiger partial charge in [0.15, 0.2) is 0 Å². The van der Waals surface area contributed by atoms with Gasteiger partial charge in [0.05, 0.1) is 13.2 Å². The zero-order valence-corrected chi connectivity index (χ0v) is 9.36. The topological polar surface area (TPSA) is 21.6 Å². The molecule has 1 aliphatic carbocycles. The zero-order valence-electron chi connectivity index (χ0n) is 9.36. The Kier molecular flexibility index (Phi) is 3.05. The fraction of sp³-hybridized carbons (Fsp3) is 0.462. The molecule has 1 aromatic rings. The second-order valence-electron chi connectivity index (χ2n) is 4.00. The first-order valence-corrected chi connectivity index (χ1v) is 5.49. The van der Waals surface area contributed by atoms with E-state index in [0.717, 1.165) is 5.75 Å². The van der Waals surface area contributed by atoms with E-state index < -0.39 is 0 Å². The van der Waals surface area contributed by atoms with Crippen molar-refractivity contribution in [1.29, 1.82) is 0 Å². The molecule has 0 N–H and O–H groups in total. The highest BCUT2D eigenvalue weighted by Gasteiger charge is 2.12. The van der Waals surface area contributed by atoms with Crippen LogP contribution in [-0.2, 0) is 0 Å². The molecule has 0 radical (unpaired) electrons. The minimum Gasteiger partial charge on any atom is -0.497 e. The number of nitrogens with zero attached hydrogens (tertiary/aromatic N) is 1. The van der Waals surface area contributed by atoms with Crippen LogP contribution < -0.4 is 4.74 Å². The molecule has 0 saturated heterocycles. The van der Waals surface area contributed by atoms with E-state index in [4.69, 9.17) is 4.74 Å². The van der Waals surface area contributed by atoms with E-state index in [2.05, 4.69) is 24.0 Å². The van der Waals surface area contributed by atoms with Gasteiger partial charge in [0.25, 0.3) is 0 Å². The van der Waals surface area contributed by atoms with E-state index in [9.17, 15) is 0 Å². The molecule has 15 heavy (non-hydrogen) atoms. The molecule has 1 fully saturated rings. The maximum absolute atomic E-state index is 5.20. The first-order chi connectivity index (χ1) is 7.29. The van der Waals surface area contributed by atoms with Crippen molar-refractivity contribution >= 4 is 5.71 Å². The molecule has 0 bridgehead atoms. The molecule has 2 rings (SSSR count). The number of rotatable bonds is 3. The molecule has 0 heterocycles. The molecule has 1 saturated carbocycles. The minimum atomic E-state index is 0.260. The second kappa shape index (κ2) is 4.47. The smallest absolute Gasteiger partial charge is 0.119 e. The van der Waals surface area contributed by atoms with Crippen LogP contribution in [-0.4, -0.2) is 12.8 Å².